The molecular weight excluding hydrogens is 138 g/mol. The summed E-state index contributed by atoms with van der Waals surface area (Å²) in [5, 5.41) is 8.10. The van der Waals surface area contributed by atoms with Gasteiger partial charge in [0.2, 0.25) is 0 Å². The van der Waals surface area contributed by atoms with Crippen molar-refractivity contribution in [2.45, 2.75) is 31.7 Å². The van der Waals surface area contributed by atoms with Crippen LogP contribution in [0.25, 0.3) is 0 Å². The third-order valence-electron chi connectivity index (χ3n) is 0.993. The first-order valence-electron chi connectivity index (χ1n) is 3.06. The molecule has 0 aromatic heterocycles. The lowest BCUT2D eigenvalue weighted by Gasteiger charge is -2.05. The molecule has 0 saturated heterocycles. The molecule has 1 N–H and O–H groups in total. The molecule has 0 aliphatic carbocycles. The van der Waals surface area contributed by atoms with Gasteiger partial charge in [0.25, 0.3) is 0 Å². The lowest BCUT2D eigenvalue weighted by atomic mass is 10.2. The number of hydrogen-bond acceptors (Lipinski definition) is 2. The Bertz CT molecular complexity index is 62.9. The zero-order chi connectivity index (χ0) is 7.11. The Morgan fingerprint density at radius 1 is 1.78 bits per heavy atom. The number of halogens is 1. The molecule has 1 unspecified atom stereocenters. The monoisotopic (exact) mass is 149 g/mol. The van der Waals surface area contributed by atoms with E-state index in [1.165, 1.54) is 0 Å². The fourth-order valence-corrected chi connectivity index (χ4v) is 0.699. The second kappa shape index (κ2) is 6.40. The number of rotatable bonds is 5. The molecule has 0 fully saturated rings. The zero-order valence-electron chi connectivity index (χ0n) is 5.51. The Morgan fingerprint density at radius 2 is 2.44 bits per heavy atom. The standard InChI is InChI=1S/C5H11BClO2/c1-2-3-4-5(7)9-6-8/h5,8H,2-4H2,1H3. The Hall–Kier alpha value is 0.275. The molecule has 0 amide bonds. The van der Waals surface area contributed by atoms with Gasteiger partial charge >= 0.3 is 7.69 Å². The Balaban J connectivity index is 2.95. The minimum Gasteiger partial charge on any atom is -0.429 e. The second-order valence-electron chi connectivity index (χ2n) is 1.79. The van der Waals surface area contributed by atoms with E-state index < -0.39 is 0 Å². The van der Waals surface area contributed by atoms with Crippen molar-refractivity contribution in [3.8, 4) is 0 Å². The van der Waals surface area contributed by atoms with Crippen molar-refractivity contribution in [1.29, 1.82) is 0 Å². The van der Waals surface area contributed by atoms with Crippen molar-refractivity contribution >= 4 is 19.3 Å². The van der Waals surface area contributed by atoms with Gasteiger partial charge in [0, 0.05) is 0 Å². The molecule has 2 nitrogen and oxygen atoms in total. The number of unbranched alkanes of at least 4 members (excludes halogenated alkanes) is 1. The zero-order valence-corrected chi connectivity index (χ0v) is 6.27. The first-order valence-corrected chi connectivity index (χ1v) is 3.50. The van der Waals surface area contributed by atoms with Gasteiger partial charge in [-0.05, 0) is 12.8 Å². The maximum Gasteiger partial charge on any atom is 0.486 e. The van der Waals surface area contributed by atoms with Gasteiger partial charge in [0.1, 0.15) is 5.56 Å². The maximum absolute atomic E-state index is 8.10. The van der Waals surface area contributed by atoms with Crippen LogP contribution in [-0.2, 0) is 4.65 Å². The average Bonchev–Trinajstić information content (AvgIpc) is 1.85. The van der Waals surface area contributed by atoms with Crippen LogP contribution in [-0.4, -0.2) is 18.3 Å². The highest BCUT2D eigenvalue weighted by molar-refractivity contribution is 6.23. The van der Waals surface area contributed by atoms with Crippen LogP contribution < -0.4 is 0 Å². The van der Waals surface area contributed by atoms with E-state index in [2.05, 4.69) is 11.6 Å². The van der Waals surface area contributed by atoms with Gasteiger partial charge in [0.15, 0.2) is 0 Å². The van der Waals surface area contributed by atoms with E-state index in [9.17, 15) is 0 Å². The van der Waals surface area contributed by atoms with E-state index in [1.54, 1.807) is 0 Å². The van der Waals surface area contributed by atoms with Gasteiger partial charge in [-0.25, -0.2) is 0 Å². The molecule has 1 atom stereocenters. The molecule has 0 aromatic carbocycles. The van der Waals surface area contributed by atoms with Crippen molar-refractivity contribution in [2.24, 2.45) is 0 Å². The van der Waals surface area contributed by atoms with Crippen LogP contribution in [0, 0.1) is 0 Å². The molecule has 0 aliphatic heterocycles. The molecule has 53 valence electrons. The average molecular weight is 149 g/mol. The first-order chi connectivity index (χ1) is 4.31. The molecule has 0 saturated carbocycles. The van der Waals surface area contributed by atoms with Crippen LogP contribution >= 0.6 is 11.6 Å². The Labute approximate surface area is 61.5 Å². The van der Waals surface area contributed by atoms with E-state index in [1.807, 2.05) is 0 Å². The maximum atomic E-state index is 8.10. The van der Waals surface area contributed by atoms with Gasteiger partial charge in [-0.15, -0.1) is 0 Å². The molecule has 0 heterocycles. The lowest BCUT2D eigenvalue weighted by Crippen LogP contribution is -2.07. The minimum atomic E-state index is -0.366. The summed E-state index contributed by atoms with van der Waals surface area (Å²) in [6, 6.07) is 0. The predicted molar refractivity (Wildman–Crippen MR) is 38.2 cm³/mol. The van der Waals surface area contributed by atoms with Crippen LogP contribution in [0.5, 0.6) is 0 Å². The summed E-state index contributed by atoms with van der Waals surface area (Å²) in [5.41, 5.74) is -0.366. The van der Waals surface area contributed by atoms with Crippen LogP contribution in [0.3, 0.4) is 0 Å². The van der Waals surface area contributed by atoms with Gasteiger partial charge < -0.3 is 9.68 Å². The summed E-state index contributed by atoms with van der Waals surface area (Å²) in [6.45, 7) is 2.08. The quantitative estimate of drug-likeness (QED) is 0.471. The van der Waals surface area contributed by atoms with E-state index in [0.717, 1.165) is 19.3 Å². The summed E-state index contributed by atoms with van der Waals surface area (Å²) in [5.74, 6) is 0. The summed E-state index contributed by atoms with van der Waals surface area (Å²) >= 11 is 5.55. The predicted octanol–water partition coefficient (Wildman–Crippen LogP) is 1.28. The molecule has 0 rings (SSSR count). The number of alkyl halides is 1. The second-order valence-corrected chi connectivity index (χ2v) is 2.28. The fourth-order valence-electron chi connectivity index (χ4n) is 0.499. The SMILES string of the molecule is CCCCC(Cl)O[B]O. The summed E-state index contributed by atoms with van der Waals surface area (Å²) in [4.78, 5) is 0. The topological polar surface area (TPSA) is 29.5 Å². The van der Waals surface area contributed by atoms with Crippen LogP contribution in [0.2, 0.25) is 0 Å². The summed E-state index contributed by atoms with van der Waals surface area (Å²) < 4.78 is 4.54. The molecule has 0 aliphatic rings. The van der Waals surface area contributed by atoms with Crippen molar-refractivity contribution < 1.29 is 9.68 Å². The summed E-state index contributed by atoms with van der Waals surface area (Å²) in [6.07, 6.45) is 2.91. The van der Waals surface area contributed by atoms with E-state index in [4.69, 9.17) is 16.6 Å². The molecule has 1 radical (unpaired) electrons. The third-order valence-corrected chi connectivity index (χ3v) is 1.31. The Kier molecular flexibility index (Phi) is 6.59. The highest BCUT2D eigenvalue weighted by Crippen LogP contribution is 2.06. The first kappa shape index (κ1) is 9.27. The smallest absolute Gasteiger partial charge is 0.429 e. The fraction of sp³-hybridized carbons (Fsp3) is 1.00. The molecule has 0 spiro atoms. The molecule has 0 aromatic rings. The Morgan fingerprint density at radius 3 is 2.89 bits per heavy atom. The van der Waals surface area contributed by atoms with E-state index >= 15 is 0 Å². The highest BCUT2D eigenvalue weighted by Gasteiger charge is 2.01. The van der Waals surface area contributed by atoms with Crippen LogP contribution in [0.15, 0.2) is 0 Å². The van der Waals surface area contributed by atoms with Gasteiger partial charge in [-0.2, -0.15) is 0 Å². The van der Waals surface area contributed by atoms with Gasteiger partial charge in [0.05, 0.1) is 0 Å². The van der Waals surface area contributed by atoms with E-state index in [0.29, 0.717) is 7.69 Å². The highest BCUT2D eigenvalue weighted by atomic mass is 35.5. The van der Waals surface area contributed by atoms with Crippen LogP contribution in [0.4, 0.5) is 0 Å². The molecular formula is C5H11BClO2. The van der Waals surface area contributed by atoms with Gasteiger partial charge in [-0.3, -0.25) is 0 Å². The molecule has 9 heavy (non-hydrogen) atoms. The van der Waals surface area contributed by atoms with E-state index in [-0.39, 0.29) is 5.56 Å². The lowest BCUT2D eigenvalue weighted by molar-refractivity contribution is 0.241. The molecule has 0 bridgehead atoms. The normalized spacial score (nSPS) is 13.2. The third kappa shape index (κ3) is 6.16. The van der Waals surface area contributed by atoms with Crippen molar-refractivity contribution in [2.75, 3.05) is 0 Å². The minimum absolute atomic E-state index is 0.366. The van der Waals surface area contributed by atoms with Crippen molar-refractivity contribution in [3.63, 3.8) is 0 Å². The summed E-state index contributed by atoms with van der Waals surface area (Å²) in [7, 11) is 0.632. The van der Waals surface area contributed by atoms with Gasteiger partial charge in [-0.1, -0.05) is 24.9 Å². The van der Waals surface area contributed by atoms with Crippen molar-refractivity contribution in [3.05, 3.63) is 0 Å². The molecule has 4 heteroatoms. The van der Waals surface area contributed by atoms with Crippen molar-refractivity contribution in [1.82, 2.24) is 0 Å². The number of hydrogen-bond donors (Lipinski definition) is 1. The largest absolute Gasteiger partial charge is 0.486 e. The van der Waals surface area contributed by atoms with Crippen LogP contribution in [0.1, 0.15) is 26.2 Å².